The highest BCUT2D eigenvalue weighted by atomic mass is 32.2. The second-order valence-corrected chi connectivity index (χ2v) is 7.20. The van der Waals surface area contributed by atoms with Crippen LogP contribution in [-0.2, 0) is 14.6 Å². The number of nitrogens with zero attached hydrogens (tertiary/aromatic N) is 1. The van der Waals surface area contributed by atoms with Gasteiger partial charge in [0.05, 0.1) is 5.75 Å². The van der Waals surface area contributed by atoms with Gasteiger partial charge in [0.2, 0.25) is 5.91 Å². The van der Waals surface area contributed by atoms with E-state index in [2.05, 4.69) is 20.4 Å². The van der Waals surface area contributed by atoms with Gasteiger partial charge in [0.25, 0.3) is 0 Å². The van der Waals surface area contributed by atoms with Gasteiger partial charge in [-0.1, -0.05) is 19.9 Å². The van der Waals surface area contributed by atoms with Crippen LogP contribution in [0.15, 0.2) is 12.7 Å². The lowest BCUT2D eigenvalue weighted by atomic mass is 9.92. The Morgan fingerprint density at radius 1 is 1.35 bits per heavy atom. The first-order valence-corrected chi connectivity index (χ1v) is 7.75. The first-order chi connectivity index (χ1) is 7.84. The maximum absolute atomic E-state index is 11.9. The Morgan fingerprint density at radius 2 is 1.88 bits per heavy atom. The molecule has 5 heteroatoms. The minimum Gasteiger partial charge on any atom is -0.341 e. The molecule has 1 aliphatic heterocycles. The first kappa shape index (κ1) is 14.2. The maximum Gasteiger partial charge on any atom is 0.237 e. The number of sulfone groups is 1. The summed E-state index contributed by atoms with van der Waals surface area (Å²) in [6.07, 6.45) is 2.42. The van der Waals surface area contributed by atoms with Gasteiger partial charge < -0.3 is 4.90 Å². The molecule has 1 aliphatic rings. The van der Waals surface area contributed by atoms with Gasteiger partial charge in [0.15, 0.2) is 9.84 Å². The smallest absolute Gasteiger partial charge is 0.237 e. The van der Waals surface area contributed by atoms with E-state index in [-0.39, 0.29) is 11.7 Å². The van der Waals surface area contributed by atoms with E-state index >= 15 is 0 Å². The molecule has 0 aromatic heterocycles. The molecule has 0 N–H and O–H groups in total. The van der Waals surface area contributed by atoms with Crippen LogP contribution in [0.3, 0.4) is 0 Å². The minimum atomic E-state index is -3.32. The van der Waals surface area contributed by atoms with E-state index in [9.17, 15) is 13.2 Å². The van der Waals surface area contributed by atoms with Gasteiger partial charge in [-0.2, -0.15) is 0 Å². The van der Waals surface area contributed by atoms with Crippen molar-refractivity contribution in [2.75, 3.05) is 24.6 Å². The normalized spacial score (nSPS) is 25.6. The van der Waals surface area contributed by atoms with Crippen molar-refractivity contribution in [1.82, 2.24) is 4.90 Å². The van der Waals surface area contributed by atoms with Crippen LogP contribution in [0.5, 0.6) is 0 Å². The van der Waals surface area contributed by atoms with Crippen LogP contribution in [0.4, 0.5) is 0 Å². The van der Waals surface area contributed by atoms with Gasteiger partial charge in [0, 0.05) is 13.1 Å². The highest BCUT2D eigenvalue weighted by molar-refractivity contribution is 7.92. The van der Waals surface area contributed by atoms with Gasteiger partial charge in [0.1, 0.15) is 5.75 Å². The summed E-state index contributed by atoms with van der Waals surface area (Å²) in [4.78, 5) is 13.6. The molecule has 0 aromatic rings. The summed E-state index contributed by atoms with van der Waals surface area (Å²) in [5, 5.41) is 0. The van der Waals surface area contributed by atoms with E-state index in [1.54, 1.807) is 4.90 Å². The number of likely N-dealkylation sites (tertiary alicyclic amines) is 1. The van der Waals surface area contributed by atoms with Gasteiger partial charge >= 0.3 is 0 Å². The SMILES string of the molecule is C=CCS(=O)(=O)CC(=O)N1CC(C)CC(C)C1. The second-order valence-electron chi connectivity index (χ2n) is 5.09. The zero-order valence-electron chi connectivity index (χ0n) is 10.6. The number of carbonyl (C=O) groups is 1. The Kier molecular flexibility index (Phi) is 4.74. The fourth-order valence-electron chi connectivity index (χ4n) is 2.38. The van der Waals surface area contributed by atoms with Crippen molar-refractivity contribution in [1.29, 1.82) is 0 Å². The van der Waals surface area contributed by atoms with E-state index < -0.39 is 15.6 Å². The van der Waals surface area contributed by atoms with Crippen molar-refractivity contribution in [3.05, 3.63) is 12.7 Å². The Hall–Kier alpha value is -0.840. The average molecular weight is 259 g/mol. The Labute approximate surface area is 104 Å². The molecule has 98 valence electrons. The lowest BCUT2D eigenvalue weighted by Gasteiger charge is -2.34. The van der Waals surface area contributed by atoms with Gasteiger partial charge in [-0.25, -0.2) is 8.42 Å². The summed E-state index contributed by atoms with van der Waals surface area (Å²) in [5.41, 5.74) is 0. The fraction of sp³-hybridized carbons (Fsp3) is 0.750. The fourth-order valence-corrected chi connectivity index (χ4v) is 3.42. The third-order valence-corrected chi connectivity index (χ3v) is 4.37. The summed E-state index contributed by atoms with van der Waals surface area (Å²) in [7, 11) is -3.32. The van der Waals surface area contributed by atoms with Crippen LogP contribution in [0.2, 0.25) is 0 Å². The molecule has 4 nitrogen and oxygen atoms in total. The van der Waals surface area contributed by atoms with Crippen LogP contribution in [0.1, 0.15) is 20.3 Å². The average Bonchev–Trinajstić information content (AvgIpc) is 2.14. The van der Waals surface area contributed by atoms with Crippen molar-refractivity contribution >= 4 is 15.7 Å². The lowest BCUT2D eigenvalue weighted by Crippen LogP contribution is -2.45. The third-order valence-electron chi connectivity index (χ3n) is 2.94. The number of carbonyl (C=O) groups excluding carboxylic acids is 1. The van der Waals surface area contributed by atoms with E-state index in [4.69, 9.17) is 0 Å². The molecule has 0 bridgehead atoms. The topological polar surface area (TPSA) is 54.5 Å². The molecule has 0 aromatic carbocycles. The molecule has 0 aliphatic carbocycles. The van der Waals surface area contributed by atoms with Crippen LogP contribution < -0.4 is 0 Å². The molecular formula is C12H21NO3S. The molecule has 1 saturated heterocycles. The number of hydrogen-bond acceptors (Lipinski definition) is 3. The molecule has 17 heavy (non-hydrogen) atoms. The van der Waals surface area contributed by atoms with Gasteiger partial charge in [-0.3, -0.25) is 4.79 Å². The standard InChI is InChI=1S/C12H21NO3S/c1-4-5-17(15,16)9-12(14)13-7-10(2)6-11(3)8-13/h4,10-11H,1,5-9H2,2-3H3. The van der Waals surface area contributed by atoms with Crippen molar-refractivity contribution in [2.24, 2.45) is 11.8 Å². The molecule has 1 amide bonds. The monoisotopic (exact) mass is 259 g/mol. The first-order valence-electron chi connectivity index (χ1n) is 5.93. The minimum absolute atomic E-state index is 0.127. The van der Waals surface area contributed by atoms with E-state index in [1.165, 1.54) is 6.08 Å². The summed E-state index contributed by atoms with van der Waals surface area (Å²) < 4.78 is 23.1. The molecule has 1 fully saturated rings. The largest absolute Gasteiger partial charge is 0.341 e. The van der Waals surface area contributed by atoms with Gasteiger partial charge in [-0.15, -0.1) is 6.58 Å². The predicted molar refractivity (Wildman–Crippen MR) is 68.4 cm³/mol. The molecule has 0 saturated carbocycles. The highest BCUT2D eigenvalue weighted by Crippen LogP contribution is 2.21. The number of rotatable bonds is 4. The summed E-state index contributed by atoms with van der Waals surface area (Å²) in [6, 6.07) is 0. The second kappa shape index (κ2) is 5.67. The van der Waals surface area contributed by atoms with Crippen molar-refractivity contribution < 1.29 is 13.2 Å². The molecule has 2 unspecified atom stereocenters. The number of amides is 1. The zero-order chi connectivity index (χ0) is 13.1. The quantitative estimate of drug-likeness (QED) is 0.710. The zero-order valence-corrected chi connectivity index (χ0v) is 11.4. The van der Waals surface area contributed by atoms with Crippen molar-refractivity contribution in [2.45, 2.75) is 20.3 Å². The van der Waals surface area contributed by atoms with Crippen molar-refractivity contribution in [3.8, 4) is 0 Å². The third kappa shape index (κ3) is 4.50. The molecular weight excluding hydrogens is 238 g/mol. The van der Waals surface area contributed by atoms with E-state index in [0.29, 0.717) is 24.9 Å². The Bertz CT molecular complexity index is 379. The molecule has 1 heterocycles. The van der Waals surface area contributed by atoms with Gasteiger partial charge in [-0.05, 0) is 18.3 Å². The molecule has 0 radical (unpaired) electrons. The van der Waals surface area contributed by atoms with E-state index in [1.807, 2.05) is 0 Å². The van der Waals surface area contributed by atoms with Crippen LogP contribution in [0.25, 0.3) is 0 Å². The van der Waals surface area contributed by atoms with Crippen molar-refractivity contribution in [3.63, 3.8) is 0 Å². The Balaban J connectivity index is 2.61. The molecule has 0 spiro atoms. The number of piperidine rings is 1. The summed E-state index contributed by atoms with van der Waals surface area (Å²) >= 11 is 0. The molecule has 1 rings (SSSR count). The van der Waals surface area contributed by atoms with E-state index in [0.717, 1.165) is 6.42 Å². The Morgan fingerprint density at radius 3 is 2.35 bits per heavy atom. The summed E-state index contributed by atoms with van der Waals surface area (Å²) in [6.45, 7) is 8.92. The van der Waals surface area contributed by atoms with Crippen LogP contribution >= 0.6 is 0 Å². The predicted octanol–water partition coefficient (Wildman–Crippen LogP) is 1.09. The maximum atomic E-state index is 11.9. The highest BCUT2D eigenvalue weighted by Gasteiger charge is 2.27. The number of hydrogen-bond donors (Lipinski definition) is 0. The molecule has 2 atom stereocenters. The van der Waals surface area contributed by atoms with Crippen LogP contribution in [-0.4, -0.2) is 43.8 Å². The lowest BCUT2D eigenvalue weighted by molar-refractivity contribution is -0.131. The summed E-state index contributed by atoms with van der Waals surface area (Å²) in [5.74, 6) is 0.107. The van der Waals surface area contributed by atoms with Crippen LogP contribution in [0, 0.1) is 11.8 Å².